The van der Waals surface area contributed by atoms with E-state index in [1.165, 1.54) is 13.3 Å². The highest BCUT2D eigenvalue weighted by atomic mass is 35.5. The maximum absolute atomic E-state index is 13.9. The van der Waals surface area contributed by atoms with Crippen molar-refractivity contribution in [3.63, 3.8) is 0 Å². The first-order valence-corrected chi connectivity index (χ1v) is 12.1. The van der Waals surface area contributed by atoms with Gasteiger partial charge < -0.3 is 23.5 Å². The fraction of sp³-hybridized carbons (Fsp3) is 0.217. The fourth-order valence-corrected chi connectivity index (χ4v) is 4.60. The van der Waals surface area contributed by atoms with Crippen molar-refractivity contribution in [2.45, 2.75) is 28.9 Å². The molecule has 188 valence electrons. The van der Waals surface area contributed by atoms with E-state index in [1.807, 2.05) is 30.3 Å². The number of nitrogens with one attached hydrogen (secondary N) is 1. The standard InChI is InChI=1S/C23H17ClF3N3O5S/c1-32-17-7-8-28-16(20(17)33-11-13-5-3-2-4-6-13)12-36(31)21-29-14-9-18-19(10-15(14)30-21)35-23(26,27)22(24,25)34-18/h2-10H,11-12H2,1H3,(H,29,30). The van der Waals surface area contributed by atoms with Crippen LogP contribution in [-0.2, 0) is 23.5 Å². The van der Waals surface area contributed by atoms with Crippen molar-refractivity contribution >= 4 is 33.8 Å². The van der Waals surface area contributed by atoms with E-state index in [4.69, 9.17) is 21.1 Å². The van der Waals surface area contributed by atoms with E-state index in [0.717, 1.165) is 17.7 Å². The van der Waals surface area contributed by atoms with E-state index in [0.29, 0.717) is 17.2 Å². The van der Waals surface area contributed by atoms with Crippen molar-refractivity contribution in [3.8, 4) is 23.0 Å². The highest BCUT2D eigenvalue weighted by Crippen LogP contribution is 2.49. The van der Waals surface area contributed by atoms with Crippen LogP contribution in [0, 0.1) is 0 Å². The third-order valence-corrected chi connectivity index (χ3v) is 6.67. The quantitative estimate of drug-likeness (QED) is 0.258. The number of hydrogen-bond donors (Lipinski definition) is 1. The Balaban J connectivity index is 1.40. The molecule has 8 nitrogen and oxygen atoms in total. The molecule has 2 aromatic heterocycles. The number of halogens is 4. The lowest BCUT2D eigenvalue weighted by molar-refractivity contribution is -0.303. The van der Waals surface area contributed by atoms with E-state index in [9.17, 15) is 17.7 Å². The van der Waals surface area contributed by atoms with Gasteiger partial charge in [-0.1, -0.05) is 30.3 Å². The Bertz CT molecular complexity index is 1350. The van der Waals surface area contributed by atoms with Crippen molar-refractivity contribution in [1.82, 2.24) is 15.0 Å². The van der Waals surface area contributed by atoms with E-state index in [2.05, 4.69) is 24.4 Å². The molecule has 0 saturated carbocycles. The number of aromatic amines is 1. The number of hydrogen-bond acceptors (Lipinski definition) is 7. The second-order valence-electron chi connectivity index (χ2n) is 7.65. The summed E-state index contributed by atoms with van der Waals surface area (Å²) in [5, 5.41) is -3.86. The minimum atomic E-state index is -4.42. The largest absolute Gasteiger partial charge is 0.609 e. The Morgan fingerprint density at radius 3 is 2.61 bits per heavy atom. The zero-order valence-electron chi connectivity index (χ0n) is 18.5. The lowest BCUT2D eigenvalue weighted by atomic mass is 10.2. The van der Waals surface area contributed by atoms with Gasteiger partial charge in [0.25, 0.3) is 0 Å². The first-order chi connectivity index (χ1) is 17.2. The molecule has 0 fully saturated rings. The molecule has 36 heavy (non-hydrogen) atoms. The summed E-state index contributed by atoms with van der Waals surface area (Å²) < 4.78 is 74.9. The predicted octanol–water partition coefficient (Wildman–Crippen LogP) is 5.08. The van der Waals surface area contributed by atoms with Gasteiger partial charge in [0.05, 0.1) is 18.1 Å². The van der Waals surface area contributed by atoms with Crippen molar-refractivity contribution < 1.29 is 36.7 Å². The maximum Gasteiger partial charge on any atom is 0.488 e. The number of imidazole rings is 1. The number of alkyl halides is 4. The number of aromatic nitrogens is 3. The molecule has 1 aliphatic heterocycles. The summed E-state index contributed by atoms with van der Waals surface area (Å²) in [5.74, 6) is -0.180. The fourth-order valence-electron chi connectivity index (χ4n) is 3.47. The molecule has 5 rings (SSSR count). The highest BCUT2D eigenvalue weighted by molar-refractivity contribution is 7.90. The number of benzene rings is 2. The second kappa shape index (κ2) is 9.26. The molecule has 1 N–H and O–H groups in total. The normalized spacial score (nSPS) is 19.2. The van der Waals surface area contributed by atoms with Crippen LogP contribution in [0.25, 0.3) is 11.0 Å². The molecule has 0 aliphatic carbocycles. The van der Waals surface area contributed by atoms with E-state index in [-0.39, 0.29) is 34.3 Å². The van der Waals surface area contributed by atoms with Crippen LogP contribution >= 0.6 is 11.6 Å². The Morgan fingerprint density at radius 1 is 1.11 bits per heavy atom. The molecule has 2 unspecified atom stereocenters. The summed E-state index contributed by atoms with van der Waals surface area (Å²) in [4.78, 5) is 11.3. The number of ether oxygens (including phenoxy) is 4. The van der Waals surface area contributed by atoms with Crippen molar-refractivity contribution in [2.24, 2.45) is 0 Å². The lowest BCUT2D eigenvalue weighted by Crippen LogP contribution is -2.51. The Labute approximate surface area is 210 Å². The molecule has 0 spiro atoms. The van der Waals surface area contributed by atoms with E-state index >= 15 is 0 Å². The average Bonchev–Trinajstić information content (AvgIpc) is 3.25. The molecule has 2 aromatic carbocycles. The number of rotatable bonds is 7. The van der Waals surface area contributed by atoms with Gasteiger partial charge in [0, 0.05) is 35.6 Å². The molecule has 1 aliphatic rings. The van der Waals surface area contributed by atoms with Crippen molar-refractivity contribution in [1.29, 1.82) is 0 Å². The molecular formula is C23H17ClF3N3O5S. The van der Waals surface area contributed by atoms with Crippen LogP contribution in [0.2, 0.25) is 0 Å². The molecule has 2 atom stereocenters. The smallest absolute Gasteiger partial charge is 0.488 e. The SMILES string of the molecule is COc1ccnc(C[S+]([O-])c2nc3cc4c(cc3[nH]2)OC(F)(F)C(F)(Cl)O4)c1OCc1ccccc1. The molecule has 0 amide bonds. The van der Waals surface area contributed by atoms with Gasteiger partial charge in [-0.2, -0.15) is 18.2 Å². The van der Waals surface area contributed by atoms with Crippen molar-refractivity contribution in [2.75, 3.05) is 7.11 Å². The van der Waals surface area contributed by atoms with Crippen LogP contribution in [0.3, 0.4) is 0 Å². The van der Waals surface area contributed by atoms with Gasteiger partial charge in [-0.05, 0) is 17.2 Å². The van der Waals surface area contributed by atoms with Gasteiger partial charge in [0.2, 0.25) is 0 Å². The molecule has 3 heterocycles. The molecular weight excluding hydrogens is 523 g/mol. The van der Waals surface area contributed by atoms with Gasteiger partial charge in [-0.15, -0.1) is 0 Å². The molecule has 13 heteroatoms. The van der Waals surface area contributed by atoms with Gasteiger partial charge in [0.15, 0.2) is 28.8 Å². The lowest BCUT2D eigenvalue weighted by Gasteiger charge is -2.33. The number of nitrogens with zero attached hydrogens (tertiary/aromatic N) is 2. The van der Waals surface area contributed by atoms with Gasteiger partial charge in [-0.25, -0.2) is 0 Å². The maximum atomic E-state index is 13.9. The Morgan fingerprint density at radius 2 is 1.86 bits per heavy atom. The van der Waals surface area contributed by atoms with E-state index in [1.54, 1.807) is 6.07 Å². The molecule has 0 bridgehead atoms. The zero-order chi connectivity index (χ0) is 25.5. The second-order valence-corrected chi connectivity index (χ2v) is 9.50. The Kier molecular flexibility index (Phi) is 6.27. The zero-order valence-corrected chi connectivity index (χ0v) is 20.0. The molecule has 4 aromatic rings. The summed E-state index contributed by atoms with van der Waals surface area (Å²) >= 11 is 3.36. The predicted molar refractivity (Wildman–Crippen MR) is 124 cm³/mol. The van der Waals surface area contributed by atoms with E-state index < -0.39 is 28.3 Å². The third kappa shape index (κ3) is 4.59. The minimum absolute atomic E-state index is 0.0233. The van der Waals surface area contributed by atoms with Gasteiger partial charge in [-0.3, -0.25) is 9.97 Å². The minimum Gasteiger partial charge on any atom is -0.609 e. The topological polar surface area (TPSA) is 102 Å². The number of pyridine rings is 1. The average molecular weight is 540 g/mol. The summed E-state index contributed by atoms with van der Waals surface area (Å²) in [6.45, 7) is 0.236. The summed E-state index contributed by atoms with van der Waals surface area (Å²) in [5.41, 5.74) is 1.68. The molecule has 0 saturated heterocycles. The van der Waals surface area contributed by atoms with Crippen LogP contribution < -0.4 is 18.9 Å². The van der Waals surface area contributed by atoms with Crippen LogP contribution in [0.5, 0.6) is 23.0 Å². The number of methoxy groups -OCH3 is 1. The Hall–Kier alpha value is -3.35. The van der Waals surface area contributed by atoms with Crippen LogP contribution in [0.1, 0.15) is 11.3 Å². The van der Waals surface area contributed by atoms with Crippen LogP contribution in [-0.4, -0.2) is 38.0 Å². The third-order valence-electron chi connectivity index (χ3n) is 5.21. The van der Waals surface area contributed by atoms with Crippen LogP contribution in [0.4, 0.5) is 13.2 Å². The first-order valence-electron chi connectivity index (χ1n) is 10.4. The summed E-state index contributed by atoms with van der Waals surface area (Å²) in [6.07, 6.45) is -2.92. The summed E-state index contributed by atoms with van der Waals surface area (Å²) in [7, 11) is 1.48. The van der Waals surface area contributed by atoms with Gasteiger partial charge >= 0.3 is 16.6 Å². The highest BCUT2D eigenvalue weighted by Gasteiger charge is 2.63. The number of H-pyrrole nitrogens is 1. The monoisotopic (exact) mass is 539 g/mol. The summed E-state index contributed by atoms with van der Waals surface area (Å²) in [6, 6.07) is 13.4. The van der Waals surface area contributed by atoms with Crippen LogP contribution in [0.15, 0.2) is 59.9 Å². The first kappa shape index (κ1) is 24.3. The molecule has 0 radical (unpaired) electrons. The van der Waals surface area contributed by atoms with Crippen molar-refractivity contribution in [3.05, 3.63) is 66.0 Å². The number of fused-ring (bicyclic) bond motifs is 2. The van der Waals surface area contributed by atoms with Gasteiger partial charge in [0.1, 0.15) is 12.3 Å².